The summed E-state index contributed by atoms with van der Waals surface area (Å²) in [6.45, 7) is -0.309. The molecule has 0 aliphatic carbocycles. The van der Waals surface area contributed by atoms with E-state index in [0.717, 1.165) is 27.7 Å². The van der Waals surface area contributed by atoms with Crippen LogP contribution in [0.15, 0.2) is 0 Å². The molecule has 39 heavy (non-hydrogen) atoms. The van der Waals surface area contributed by atoms with Crippen molar-refractivity contribution in [3.05, 3.63) is 0 Å². The van der Waals surface area contributed by atoms with Crippen molar-refractivity contribution in [2.75, 3.05) is 20.9 Å². The maximum absolute atomic E-state index is 13.7. The van der Waals surface area contributed by atoms with Crippen molar-refractivity contribution >= 4 is 35.6 Å². The quantitative estimate of drug-likeness (QED) is 0.360. The Morgan fingerprint density at radius 1 is 0.615 bits per heavy atom. The molecular formula is C27H45N3O9. The number of ether oxygens (including phenoxy) is 3. The summed E-state index contributed by atoms with van der Waals surface area (Å²) < 4.78 is 87.8. The molecule has 8 atom stereocenters. The maximum atomic E-state index is 13.7. The summed E-state index contributed by atoms with van der Waals surface area (Å²) in [5, 5.41) is 0. The summed E-state index contributed by atoms with van der Waals surface area (Å²) in [5.74, 6) is -10.5. The summed E-state index contributed by atoms with van der Waals surface area (Å²) in [6.07, 6.45) is -5.70. The van der Waals surface area contributed by atoms with E-state index >= 15 is 0 Å². The van der Waals surface area contributed by atoms with E-state index in [4.69, 9.17) is 26.5 Å². The number of nitrogens with zero attached hydrogens (tertiary/aromatic N) is 3. The largest absolute Gasteiger partial charge is 0.451 e. The van der Waals surface area contributed by atoms with Crippen molar-refractivity contribution in [2.24, 2.45) is 11.8 Å². The molecule has 0 aromatic rings. The Labute approximate surface area is 243 Å². The predicted molar refractivity (Wildman–Crippen MR) is 141 cm³/mol. The van der Waals surface area contributed by atoms with Crippen LogP contribution in [0.4, 0.5) is 0 Å². The van der Waals surface area contributed by atoms with E-state index in [9.17, 15) is 28.8 Å². The fraction of sp³-hybridized carbons (Fsp3) is 0.778. The van der Waals surface area contributed by atoms with Crippen LogP contribution in [0.3, 0.4) is 0 Å². The second-order valence-electron chi connectivity index (χ2n) is 9.70. The zero-order chi connectivity index (χ0) is 37.9. The molecule has 0 N–H and O–H groups in total. The summed E-state index contributed by atoms with van der Waals surface area (Å²) in [4.78, 5) is 81.5. The predicted octanol–water partition coefficient (Wildman–Crippen LogP) is 1.39. The first kappa shape index (κ1) is 21.6. The Morgan fingerprint density at radius 2 is 0.923 bits per heavy atom. The highest BCUT2D eigenvalue weighted by molar-refractivity contribution is 5.93. The molecule has 0 unspecified atom stereocenters. The van der Waals surface area contributed by atoms with E-state index < -0.39 is 105 Å². The van der Waals surface area contributed by atoms with Gasteiger partial charge in [0.15, 0.2) is 18.3 Å². The molecule has 1 heterocycles. The molecule has 3 amide bonds. The lowest BCUT2D eigenvalue weighted by molar-refractivity contribution is -0.176. The molecular weight excluding hydrogens is 510 g/mol. The Bertz CT molecular complexity index is 1220. The zero-order valence-electron chi connectivity index (χ0n) is 32.5. The Kier molecular flexibility index (Phi) is 7.91. The minimum atomic E-state index is -3.37. The van der Waals surface area contributed by atoms with Crippen LogP contribution in [0.1, 0.15) is 80.6 Å². The SMILES string of the molecule is [3H]C([3H])([3H])N1C(=O)[C@@H](C)OC(=O)[C@H]([C@@H](C)CC)N(C([3H])([3H])[3H])C(=O)[C@@H](C)OC(=O)[C@H](C)N(C([3H])([3H])[3H])C(=O)[C@@H](C)OC(=O)[C@@H]1[C@@H](C)CC. The van der Waals surface area contributed by atoms with Crippen molar-refractivity contribution in [3.8, 4) is 0 Å². The molecule has 0 saturated carbocycles. The fourth-order valence-electron chi connectivity index (χ4n) is 3.70. The second-order valence-corrected chi connectivity index (χ2v) is 9.70. The van der Waals surface area contributed by atoms with Gasteiger partial charge in [-0.15, -0.1) is 0 Å². The highest BCUT2D eigenvalue weighted by Gasteiger charge is 2.41. The van der Waals surface area contributed by atoms with Crippen molar-refractivity contribution in [3.63, 3.8) is 0 Å². The first-order valence-corrected chi connectivity index (χ1v) is 12.8. The van der Waals surface area contributed by atoms with Crippen LogP contribution in [0.2, 0.25) is 0 Å². The Balaban J connectivity index is 4.10. The van der Waals surface area contributed by atoms with Crippen LogP contribution < -0.4 is 0 Å². The number of rotatable bonds is 4. The number of hydrogen-bond acceptors (Lipinski definition) is 9. The average molecular weight is 574 g/mol. The zero-order valence-corrected chi connectivity index (χ0v) is 23.5. The van der Waals surface area contributed by atoms with Gasteiger partial charge in [-0.05, 0) is 39.5 Å². The molecule has 1 rings (SSSR count). The molecule has 1 fully saturated rings. The van der Waals surface area contributed by atoms with Gasteiger partial charge in [0, 0.05) is 33.3 Å². The topological polar surface area (TPSA) is 140 Å². The van der Waals surface area contributed by atoms with Crippen molar-refractivity contribution < 1.29 is 55.3 Å². The third-order valence-corrected chi connectivity index (χ3v) is 6.77. The van der Waals surface area contributed by atoms with Crippen molar-refractivity contribution in [1.29, 1.82) is 0 Å². The average Bonchev–Trinajstić information content (AvgIpc) is 2.93. The molecule has 0 bridgehead atoms. The monoisotopic (exact) mass is 573 g/mol. The molecule has 1 aliphatic heterocycles. The number of carbonyl (C=O) groups excluding carboxylic acids is 6. The van der Waals surface area contributed by atoms with Gasteiger partial charge in [-0.1, -0.05) is 40.5 Å². The molecule has 1 aliphatic rings. The lowest BCUT2D eigenvalue weighted by Gasteiger charge is -2.35. The van der Waals surface area contributed by atoms with Crippen LogP contribution in [-0.4, -0.2) is 108 Å². The van der Waals surface area contributed by atoms with E-state index in [0.29, 0.717) is 0 Å². The smallest absolute Gasteiger partial charge is 0.329 e. The van der Waals surface area contributed by atoms with Crippen LogP contribution in [0.25, 0.3) is 0 Å². The minimum Gasteiger partial charge on any atom is -0.451 e. The number of esters is 3. The molecule has 12 heteroatoms. The van der Waals surface area contributed by atoms with Gasteiger partial charge in [0.2, 0.25) is 0 Å². The molecule has 222 valence electrons. The summed E-state index contributed by atoms with van der Waals surface area (Å²) in [5.41, 5.74) is 0. The first-order chi connectivity index (χ1) is 21.6. The summed E-state index contributed by atoms with van der Waals surface area (Å²) in [7, 11) is 0. The molecule has 0 spiro atoms. The van der Waals surface area contributed by atoms with Gasteiger partial charge in [-0.2, -0.15) is 0 Å². The van der Waals surface area contributed by atoms with Crippen molar-refractivity contribution in [1.82, 2.24) is 14.7 Å². The van der Waals surface area contributed by atoms with Gasteiger partial charge in [0.25, 0.3) is 17.7 Å². The van der Waals surface area contributed by atoms with Gasteiger partial charge in [-0.25, -0.2) is 14.4 Å². The van der Waals surface area contributed by atoms with Crippen LogP contribution in [-0.2, 0) is 43.0 Å². The normalized spacial score (nSPS) is 35.1. The van der Waals surface area contributed by atoms with Crippen molar-refractivity contribution in [2.45, 2.75) is 105 Å². The standard InChI is InChI=1S/C27H45N3O9/c1-12-14(3)20-26(35)38-17(6)22(31)28(9)16(5)25(34)37-18(7)23(32)29(10)21(15(4)13-2)27(36)39-19(8)24(33)30(20)11/h14-21H,12-13H2,1-11H3/t14-,15-,16-,17+,18+,19+,20-,21-/m0/s1/i9T3,10T3,11T3. The van der Waals surface area contributed by atoms with Gasteiger partial charge >= 0.3 is 17.9 Å². The van der Waals surface area contributed by atoms with Crippen LogP contribution in [0.5, 0.6) is 0 Å². The molecule has 0 aromatic heterocycles. The summed E-state index contributed by atoms with van der Waals surface area (Å²) >= 11 is 0. The van der Waals surface area contributed by atoms with Crippen LogP contribution in [0, 0.1) is 11.8 Å². The Hall–Kier alpha value is -3.18. The van der Waals surface area contributed by atoms with E-state index in [1.165, 1.54) is 13.8 Å². The lowest BCUT2D eigenvalue weighted by atomic mass is 9.97. The highest BCUT2D eigenvalue weighted by Crippen LogP contribution is 2.21. The number of likely N-dealkylation sites (N-methyl/N-ethyl adjacent to an activating group) is 3. The molecule has 12 nitrogen and oxygen atoms in total. The number of amides is 3. The number of hydrogen-bond donors (Lipinski definition) is 0. The second kappa shape index (κ2) is 14.3. The highest BCUT2D eigenvalue weighted by atomic mass is 16.6. The summed E-state index contributed by atoms with van der Waals surface area (Å²) in [6, 6.07) is -5.83. The van der Waals surface area contributed by atoms with Gasteiger partial charge in [0.05, 0.1) is 0 Å². The third-order valence-electron chi connectivity index (χ3n) is 6.77. The molecule has 0 radical (unpaired) electrons. The fourth-order valence-corrected chi connectivity index (χ4v) is 3.70. The van der Waals surface area contributed by atoms with Crippen LogP contribution >= 0.6 is 0 Å². The van der Waals surface area contributed by atoms with E-state index in [-0.39, 0.29) is 27.5 Å². The van der Waals surface area contributed by atoms with Gasteiger partial charge in [-0.3, -0.25) is 14.4 Å². The number of cyclic esters (lactones) is 3. The van der Waals surface area contributed by atoms with E-state index in [2.05, 4.69) is 0 Å². The maximum Gasteiger partial charge on any atom is 0.329 e. The Morgan fingerprint density at radius 3 is 1.23 bits per heavy atom. The molecule has 1 saturated heterocycles. The lowest BCUT2D eigenvalue weighted by Crippen LogP contribution is -2.55. The van der Waals surface area contributed by atoms with E-state index in [1.54, 1.807) is 13.8 Å². The first-order valence-electron chi connectivity index (χ1n) is 17.3. The van der Waals surface area contributed by atoms with Gasteiger partial charge in [0.1, 0.15) is 18.1 Å². The third kappa shape index (κ3) is 7.92. The van der Waals surface area contributed by atoms with Gasteiger partial charge < -0.3 is 28.9 Å². The number of carbonyl (C=O) groups is 6. The van der Waals surface area contributed by atoms with E-state index in [1.807, 2.05) is 0 Å². The minimum absolute atomic E-state index is 0.0570. The molecule has 0 aromatic carbocycles.